The van der Waals surface area contributed by atoms with Crippen molar-refractivity contribution in [3.05, 3.63) is 147 Å². The molecule has 0 radical (unpaired) electrons. The predicted octanol–water partition coefficient (Wildman–Crippen LogP) is 7.56. The zero-order valence-electron chi connectivity index (χ0n) is 22.6. The minimum Gasteiger partial charge on any atom is -0.464 e. The molecule has 2 aromatic heterocycles. The lowest BCUT2D eigenvalue weighted by atomic mass is 9.95. The lowest BCUT2D eigenvalue weighted by molar-refractivity contribution is 0.585. The highest BCUT2D eigenvalue weighted by Gasteiger charge is 2.45. The Morgan fingerprint density at radius 1 is 0.881 bits per heavy atom. The van der Waals surface area contributed by atoms with Crippen LogP contribution in [0.3, 0.4) is 0 Å². The third-order valence-corrected chi connectivity index (χ3v) is 8.18. The second-order valence-electron chi connectivity index (χ2n) is 10.5. The summed E-state index contributed by atoms with van der Waals surface area (Å²) in [4.78, 5) is 23.9. The molecule has 6 aromatic rings. The SMILES string of the molecule is Cc1nn(-c2ccccc2)c2c1[C@H](c1coc3ccc(Cl)cc3c1=O)N1C(=N2)N(Cc2ccccc2)c2ccccc21. The molecule has 0 saturated heterocycles. The molecule has 0 fully saturated rings. The smallest absolute Gasteiger partial charge is 0.213 e. The van der Waals surface area contributed by atoms with Crippen molar-refractivity contribution in [3.8, 4) is 5.69 Å². The van der Waals surface area contributed by atoms with Crippen LogP contribution in [0, 0.1) is 6.92 Å². The minimum absolute atomic E-state index is 0.137. The van der Waals surface area contributed by atoms with Crippen molar-refractivity contribution in [1.29, 1.82) is 0 Å². The number of halogens is 1. The average molecular weight is 570 g/mol. The molecule has 0 amide bonds. The Balaban J connectivity index is 1.42. The summed E-state index contributed by atoms with van der Waals surface area (Å²) >= 11 is 6.33. The van der Waals surface area contributed by atoms with Crippen LogP contribution in [0.5, 0.6) is 0 Å². The van der Waals surface area contributed by atoms with Crippen LogP contribution in [0.2, 0.25) is 5.02 Å². The second kappa shape index (κ2) is 9.46. The van der Waals surface area contributed by atoms with E-state index < -0.39 is 6.04 Å². The summed E-state index contributed by atoms with van der Waals surface area (Å²) in [6, 6.07) is 33.1. The number of para-hydroxylation sites is 3. The largest absolute Gasteiger partial charge is 0.464 e. The molecule has 7 nitrogen and oxygen atoms in total. The first kappa shape index (κ1) is 24.6. The average Bonchev–Trinajstić information content (AvgIpc) is 3.52. The normalized spacial score (nSPS) is 15.4. The second-order valence-corrected chi connectivity index (χ2v) is 10.9. The van der Waals surface area contributed by atoms with Crippen molar-refractivity contribution in [2.45, 2.75) is 19.5 Å². The topological polar surface area (TPSA) is 66.9 Å². The fourth-order valence-corrected chi connectivity index (χ4v) is 6.23. The summed E-state index contributed by atoms with van der Waals surface area (Å²) in [5, 5.41) is 5.86. The fourth-order valence-electron chi connectivity index (χ4n) is 6.06. The van der Waals surface area contributed by atoms with Crippen LogP contribution in [0.1, 0.15) is 28.4 Å². The van der Waals surface area contributed by atoms with E-state index in [1.54, 1.807) is 24.5 Å². The summed E-state index contributed by atoms with van der Waals surface area (Å²) < 4.78 is 7.94. The van der Waals surface area contributed by atoms with Gasteiger partial charge in [0.2, 0.25) is 5.96 Å². The van der Waals surface area contributed by atoms with Crippen LogP contribution in [-0.4, -0.2) is 15.7 Å². The Bertz CT molecular complexity index is 2080. The van der Waals surface area contributed by atoms with E-state index in [1.165, 1.54) is 0 Å². The Morgan fingerprint density at radius 2 is 1.60 bits per heavy atom. The molecule has 0 saturated carbocycles. The van der Waals surface area contributed by atoms with Gasteiger partial charge in [0.1, 0.15) is 11.8 Å². The zero-order chi connectivity index (χ0) is 28.4. The molecule has 8 rings (SSSR count). The van der Waals surface area contributed by atoms with Crippen molar-refractivity contribution in [2.75, 3.05) is 9.80 Å². The monoisotopic (exact) mass is 569 g/mol. The standard InChI is InChI=1S/C34H24ClN5O2/c1-21-30-31(26-20-42-29-17-16-23(35)18-25(29)32(26)41)39-28-15-9-8-14-27(28)38(19-22-10-4-2-5-11-22)34(39)36-33(30)40(37-21)24-12-6-3-7-13-24/h2-18,20,31H,19H2,1H3/t31-/m0/s1. The molecule has 42 heavy (non-hydrogen) atoms. The maximum absolute atomic E-state index is 14.2. The minimum atomic E-state index is -0.536. The van der Waals surface area contributed by atoms with Crippen molar-refractivity contribution in [1.82, 2.24) is 9.78 Å². The number of anilines is 2. The van der Waals surface area contributed by atoms with Gasteiger partial charge in [0.15, 0.2) is 11.2 Å². The van der Waals surface area contributed by atoms with E-state index in [1.807, 2.05) is 72.3 Å². The third kappa shape index (κ3) is 3.71. The number of rotatable bonds is 4. The molecule has 0 aliphatic carbocycles. The Kier molecular flexibility index (Phi) is 5.55. The van der Waals surface area contributed by atoms with Gasteiger partial charge in [-0.05, 0) is 55.0 Å². The first-order valence-electron chi connectivity index (χ1n) is 13.7. The van der Waals surface area contributed by atoms with Gasteiger partial charge in [-0.15, -0.1) is 0 Å². The van der Waals surface area contributed by atoms with Gasteiger partial charge in [0.05, 0.1) is 46.3 Å². The van der Waals surface area contributed by atoms with Gasteiger partial charge in [-0.3, -0.25) is 9.69 Å². The molecule has 8 heteroatoms. The van der Waals surface area contributed by atoms with Gasteiger partial charge in [-0.1, -0.05) is 72.3 Å². The van der Waals surface area contributed by atoms with E-state index in [0.29, 0.717) is 33.9 Å². The van der Waals surface area contributed by atoms with Crippen LogP contribution < -0.4 is 15.2 Å². The third-order valence-electron chi connectivity index (χ3n) is 7.95. The molecule has 4 heterocycles. The first-order valence-corrected chi connectivity index (χ1v) is 14.1. The maximum atomic E-state index is 14.2. The lowest BCUT2D eigenvalue weighted by Gasteiger charge is -2.34. The van der Waals surface area contributed by atoms with E-state index in [-0.39, 0.29) is 5.43 Å². The lowest BCUT2D eigenvalue weighted by Crippen LogP contribution is -2.44. The van der Waals surface area contributed by atoms with Crippen LogP contribution >= 0.6 is 11.6 Å². The number of fused-ring (bicyclic) bond motifs is 5. The van der Waals surface area contributed by atoms with E-state index in [0.717, 1.165) is 39.8 Å². The highest BCUT2D eigenvalue weighted by molar-refractivity contribution is 6.31. The molecule has 0 unspecified atom stereocenters. The number of nitrogens with zero attached hydrogens (tertiary/aromatic N) is 5. The van der Waals surface area contributed by atoms with Gasteiger partial charge >= 0.3 is 0 Å². The molecule has 0 bridgehead atoms. The quantitative estimate of drug-likeness (QED) is 0.219. The molecule has 4 aromatic carbocycles. The number of aliphatic imine (C=N–C) groups is 1. The van der Waals surface area contributed by atoms with E-state index >= 15 is 0 Å². The summed E-state index contributed by atoms with van der Waals surface area (Å²) in [7, 11) is 0. The summed E-state index contributed by atoms with van der Waals surface area (Å²) in [5.74, 6) is 1.41. The number of aryl methyl sites for hydroxylation is 1. The Hall–Kier alpha value is -5.14. The van der Waals surface area contributed by atoms with E-state index in [2.05, 4.69) is 34.1 Å². The number of aromatic nitrogens is 2. The molecular formula is C34H24ClN5O2. The molecular weight excluding hydrogens is 546 g/mol. The fraction of sp³-hybridized carbons (Fsp3) is 0.0882. The molecule has 2 aliphatic rings. The molecule has 0 spiro atoms. The predicted molar refractivity (Wildman–Crippen MR) is 166 cm³/mol. The van der Waals surface area contributed by atoms with Crippen molar-refractivity contribution in [2.24, 2.45) is 4.99 Å². The van der Waals surface area contributed by atoms with Crippen LogP contribution in [0.15, 0.2) is 124 Å². The maximum Gasteiger partial charge on any atom is 0.213 e. The van der Waals surface area contributed by atoms with Crippen LogP contribution in [-0.2, 0) is 6.54 Å². The number of guanidine groups is 1. The number of hydrogen-bond donors (Lipinski definition) is 0. The van der Waals surface area contributed by atoms with Crippen LogP contribution in [0.4, 0.5) is 17.2 Å². The summed E-state index contributed by atoms with van der Waals surface area (Å²) in [5.41, 5.74) is 6.49. The highest BCUT2D eigenvalue weighted by atomic mass is 35.5. The summed E-state index contributed by atoms with van der Waals surface area (Å²) in [6.07, 6.45) is 1.58. The van der Waals surface area contributed by atoms with E-state index in [4.69, 9.17) is 26.1 Å². The number of benzene rings is 4. The molecule has 0 N–H and O–H groups in total. The van der Waals surface area contributed by atoms with Crippen LogP contribution in [0.25, 0.3) is 16.7 Å². The van der Waals surface area contributed by atoms with Gasteiger partial charge in [0, 0.05) is 10.6 Å². The molecule has 2 aliphatic heterocycles. The van der Waals surface area contributed by atoms with E-state index in [9.17, 15) is 4.79 Å². The van der Waals surface area contributed by atoms with Gasteiger partial charge in [-0.25, -0.2) is 4.68 Å². The highest BCUT2D eigenvalue weighted by Crippen LogP contribution is 2.50. The molecule has 1 atom stereocenters. The summed E-state index contributed by atoms with van der Waals surface area (Å²) in [6.45, 7) is 2.57. The Labute approximate surface area is 246 Å². The van der Waals surface area contributed by atoms with Gasteiger partial charge in [-0.2, -0.15) is 10.1 Å². The first-order chi connectivity index (χ1) is 20.6. The Morgan fingerprint density at radius 3 is 2.38 bits per heavy atom. The van der Waals surface area contributed by atoms with Crippen molar-refractivity contribution < 1.29 is 4.42 Å². The van der Waals surface area contributed by atoms with Gasteiger partial charge in [0.25, 0.3) is 0 Å². The zero-order valence-corrected chi connectivity index (χ0v) is 23.4. The number of hydrogen-bond acceptors (Lipinski definition) is 6. The van der Waals surface area contributed by atoms with Crippen molar-refractivity contribution >= 4 is 45.7 Å². The van der Waals surface area contributed by atoms with Crippen molar-refractivity contribution in [3.63, 3.8) is 0 Å². The van der Waals surface area contributed by atoms with Gasteiger partial charge < -0.3 is 9.32 Å². The molecule has 204 valence electrons.